The lowest BCUT2D eigenvalue weighted by atomic mass is 10.2. The Balaban J connectivity index is 1.59. The van der Waals surface area contributed by atoms with Gasteiger partial charge in [0.15, 0.2) is 5.76 Å². The van der Waals surface area contributed by atoms with Crippen molar-refractivity contribution in [1.29, 1.82) is 0 Å². The minimum absolute atomic E-state index is 0.123. The van der Waals surface area contributed by atoms with E-state index in [0.29, 0.717) is 17.0 Å². The molecule has 0 radical (unpaired) electrons. The fourth-order valence-corrected chi connectivity index (χ4v) is 2.86. The van der Waals surface area contributed by atoms with Gasteiger partial charge in [-0.2, -0.15) is 4.68 Å². The van der Waals surface area contributed by atoms with Gasteiger partial charge in [-0.3, -0.25) is 0 Å². The summed E-state index contributed by atoms with van der Waals surface area (Å²) >= 11 is 1.53. The minimum atomic E-state index is -0.616. The molecule has 0 unspecified atom stereocenters. The van der Waals surface area contributed by atoms with Crippen molar-refractivity contribution in [2.75, 3.05) is 0 Å². The van der Waals surface area contributed by atoms with Crippen LogP contribution in [0.3, 0.4) is 0 Å². The van der Waals surface area contributed by atoms with Crippen LogP contribution in [0.15, 0.2) is 61.6 Å². The summed E-state index contributed by atoms with van der Waals surface area (Å²) in [5, 5.41) is 9.99. The lowest BCUT2D eigenvalue weighted by Crippen LogP contribution is -2.16. The van der Waals surface area contributed by atoms with E-state index in [1.165, 1.54) is 35.6 Å². The average Bonchev–Trinajstić information content (AvgIpc) is 3.30. The van der Waals surface area contributed by atoms with Crippen LogP contribution < -0.4 is 5.76 Å². The van der Waals surface area contributed by atoms with Crippen molar-refractivity contribution < 1.29 is 13.3 Å². The zero-order valence-electron chi connectivity index (χ0n) is 12.2. The molecule has 8 heteroatoms. The van der Waals surface area contributed by atoms with E-state index in [4.69, 9.17) is 8.94 Å². The van der Waals surface area contributed by atoms with Crippen molar-refractivity contribution in [2.24, 2.45) is 0 Å². The Labute approximate surface area is 138 Å². The molecule has 0 atom stereocenters. The summed E-state index contributed by atoms with van der Waals surface area (Å²) in [6, 6.07) is 11.1. The maximum atomic E-state index is 13.0. The summed E-state index contributed by atoms with van der Waals surface area (Å²) in [7, 11) is 0. The third-order valence-electron chi connectivity index (χ3n) is 3.33. The van der Waals surface area contributed by atoms with Gasteiger partial charge in [-0.25, -0.2) is 9.18 Å². The number of rotatable bonds is 4. The first kappa shape index (κ1) is 14.6. The maximum absolute atomic E-state index is 13.0. The number of hydrogen-bond donors (Lipinski definition) is 0. The average molecular weight is 343 g/mol. The standard InChI is InChI=1S/C16H10FN3O3S/c17-11-5-3-10(4-6-11)15-18-20(16(21)22-15)9-12-8-13(23-19-12)14-2-1-7-24-14/h1-8H,9H2. The highest BCUT2D eigenvalue weighted by Crippen LogP contribution is 2.25. The van der Waals surface area contributed by atoms with E-state index in [2.05, 4.69) is 10.3 Å². The van der Waals surface area contributed by atoms with Crippen LogP contribution in [0.2, 0.25) is 0 Å². The smallest absolute Gasteiger partial charge is 0.388 e. The van der Waals surface area contributed by atoms with Crippen molar-refractivity contribution >= 4 is 11.3 Å². The molecule has 0 aliphatic rings. The summed E-state index contributed by atoms with van der Waals surface area (Å²) in [6.07, 6.45) is 0. The molecule has 0 fully saturated rings. The third kappa shape index (κ3) is 2.79. The van der Waals surface area contributed by atoms with Crippen LogP contribution in [0, 0.1) is 5.82 Å². The summed E-state index contributed by atoms with van der Waals surface area (Å²) in [5.41, 5.74) is 1.08. The first-order chi connectivity index (χ1) is 11.7. The normalized spacial score (nSPS) is 11.0. The molecule has 1 aromatic carbocycles. The number of benzene rings is 1. The molecular weight excluding hydrogens is 333 g/mol. The van der Waals surface area contributed by atoms with Crippen molar-refractivity contribution in [3.05, 3.63) is 69.9 Å². The summed E-state index contributed by atoms with van der Waals surface area (Å²) in [5.74, 6) is -0.225. The summed E-state index contributed by atoms with van der Waals surface area (Å²) < 4.78 is 24.5. The van der Waals surface area contributed by atoms with Gasteiger partial charge in [-0.1, -0.05) is 11.2 Å². The van der Waals surface area contributed by atoms with Crippen LogP contribution in [0.1, 0.15) is 5.69 Å². The van der Waals surface area contributed by atoms with Crippen LogP contribution in [0.25, 0.3) is 22.1 Å². The minimum Gasteiger partial charge on any atom is -0.388 e. The van der Waals surface area contributed by atoms with Crippen molar-refractivity contribution in [2.45, 2.75) is 6.54 Å². The highest BCUT2D eigenvalue weighted by Gasteiger charge is 2.14. The number of thiophene rings is 1. The highest BCUT2D eigenvalue weighted by atomic mass is 32.1. The molecule has 4 rings (SSSR count). The van der Waals surface area contributed by atoms with Gasteiger partial charge >= 0.3 is 5.76 Å². The molecular formula is C16H10FN3O3S. The van der Waals surface area contributed by atoms with E-state index in [1.54, 1.807) is 6.07 Å². The van der Waals surface area contributed by atoms with Gasteiger partial charge in [0.05, 0.1) is 11.4 Å². The van der Waals surface area contributed by atoms with Crippen LogP contribution in [-0.2, 0) is 6.54 Å². The Hall–Kier alpha value is -3.00. The van der Waals surface area contributed by atoms with E-state index >= 15 is 0 Å². The van der Waals surface area contributed by atoms with Crippen molar-refractivity contribution in [3.63, 3.8) is 0 Å². The van der Waals surface area contributed by atoms with Crippen molar-refractivity contribution in [1.82, 2.24) is 14.9 Å². The Morgan fingerprint density at radius 1 is 1.21 bits per heavy atom. The predicted octanol–water partition coefficient (Wildman–Crippen LogP) is 3.41. The molecule has 3 aromatic heterocycles. The Kier molecular flexibility index (Phi) is 3.58. The lowest BCUT2D eigenvalue weighted by molar-refractivity contribution is 0.416. The summed E-state index contributed by atoms with van der Waals surface area (Å²) in [4.78, 5) is 12.9. The van der Waals surface area contributed by atoms with E-state index in [0.717, 1.165) is 9.56 Å². The lowest BCUT2D eigenvalue weighted by Gasteiger charge is -1.94. The number of nitrogens with zero attached hydrogens (tertiary/aromatic N) is 3. The third-order valence-corrected chi connectivity index (χ3v) is 4.22. The number of aromatic nitrogens is 3. The fourth-order valence-electron chi connectivity index (χ4n) is 2.19. The van der Waals surface area contributed by atoms with Gasteiger partial charge in [-0.15, -0.1) is 16.4 Å². The second kappa shape index (κ2) is 5.89. The molecule has 6 nitrogen and oxygen atoms in total. The van der Waals surface area contributed by atoms with Gasteiger partial charge in [0.25, 0.3) is 0 Å². The second-order valence-corrected chi connectivity index (χ2v) is 5.95. The summed E-state index contributed by atoms with van der Waals surface area (Å²) in [6.45, 7) is 0.123. The van der Waals surface area contributed by atoms with E-state index < -0.39 is 5.76 Å². The second-order valence-electron chi connectivity index (χ2n) is 5.00. The molecule has 0 spiro atoms. The molecule has 0 N–H and O–H groups in total. The van der Waals surface area contributed by atoms with Crippen LogP contribution >= 0.6 is 11.3 Å². The molecule has 0 aliphatic heterocycles. The Morgan fingerprint density at radius 2 is 2.04 bits per heavy atom. The quantitative estimate of drug-likeness (QED) is 0.568. The van der Waals surface area contributed by atoms with Crippen LogP contribution in [-0.4, -0.2) is 14.9 Å². The highest BCUT2D eigenvalue weighted by molar-refractivity contribution is 7.13. The molecule has 3 heterocycles. The number of halogens is 1. The topological polar surface area (TPSA) is 74.1 Å². The van der Waals surface area contributed by atoms with Crippen molar-refractivity contribution in [3.8, 4) is 22.1 Å². The molecule has 0 saturated carbocycles. The van der Waals surface area contributed by atoms with Gasteiger partial charge in [0.1, 0.15) is 11.5 Å². The van der Waals surface area contributed by atoms with E-state index in [1.807, 2.05) is 17.5 Å². The van der Waals surface area contributed by atoms with Crippen LogP contribution in [0.4, 0.5) is 4.39 Å². The monoisotopic (exact) mass is 343 g/mol. The van der Waals surface area contributed by atoms with Gasteiger partial charge in [0, 0.05) is 11.6 Å². The first-order valence-corrected chi connectivity index (χ1v) is 7.90. The predicted molar refractivity (Wildman–Crippen MR) is 85.1 cm³/mol. The van der Waals surface area contributed by atoms with Gasteiger partial charge < -0.3 is 8.94 Å². The SMILES string of the molecule is O=c1oc(-c2ccc(F)cc2)nn1Cc1cc(-c2cccs2)on1. The molecule has 0 aliphatic carbocycles. The van der Waals surface area contributed by atoms with Crippen LogP contribution in [0.5, 0.6) is 0 Å². The van der Waals surface area contributed by atoms with E-state index in [-0.39, 0.29) is 18.3 Å². The molecule has 0 amide bonds. The fraction of sp³-hybridized carbons (Fsp3) is 0.0625. The Bertz CT molecular complexity index is 1020. The molecule has 0 bridgehead atoms. The first-order valence-electron chi connectivity index (χ1n) is 7.02. The van der Waals surface area contributed by atoms with Gasteiger partial charge in [-0.05, 0) is 35.7 Å². The molecule has 24 heavy (non-hydrogen) atoms. The largest absolute Gasteiger partial charge is 0.437 e. The maximum Gasteiger partial charge on any atom is 0.437 e. The molecule has 4 aromatic rings. The Morgan fingerprint density at radius 3 is 2.79 bits per heavy atom. The molecule has 120 valence electrons. The molecule has 0 saturated heterocycles. The van der Waals surface area contributed by atoms with Gasteiger partial charge in [0.2, 0.25) is 5.89 Å². The zero-order valence-corrected chi connectivity index (χ0v) is 13.0. The zero-order chi connectivity index (χ0) is 16.5. The number of hydrogen-bond acceptors (Lipinski definition) is 6. The van der Waals surface area contributed by atoms with E-state index in [9.17, 15) is 9.18 Å².